The van der Waals surface area contributed by atoms with Gasteiger partial charge in [-0.25, -0.2) is 0 Å². The molecule has 0 radical (unpaired) electrons. The highest BCUT2D eigenvalue weighted by molar-refractivity contribution is 9.10. The molecule has 3 aromatic rings. The van der Waals surface area contributed by atoms with Crippen molar-refractivity contribution in [3.8, 4) is 5.75 Å². The molecule has 0 aliphatic carbocycles. The Bertz CT molecular complexity index is 979. The van der Waals surface area contributed by atoms with Crippen LogP contribution in [0.1, 0.15) is 6.42 Å². The van der Waals surface area contributed by atoms with Crippen LogP contribution in [0.2, 0.25) is 0 Å². The average Bonchev–Trinajstić information content (AvgIpc) is 3.05. The first kappa shape index (κ1) is 16.8. The predicted molar refractivity (Wildman–Crippen MR) is 104 cm³/mol. The summed E-state index contributed by atoms with van der Waals surface area (Å²) in [5.74, 6) is -0.415. The van der Waals surface area contributed by atoms with Crippen LogP contribution in [0.3, 0.4) is 0 Å². The summed E-state index contributed by atoms with van der Waals surface area (Å²) in [5.41, 5.74) is 0.840. The third-order valence-electron chi connectivity index (χ3n) is 4.55. The number of carbonyl (C=O) groups excluding carboxylic acids is 2. The van der Waals surface area contributed by atoms with Crippen molar-refractivity contribution in [2.45, 2.75) is 6.42 Å². The molecule has 26 heavy (non-hydrogen) atoms. The van der Waals surface area contributed by atoms with Crippen molar-refractivity contribution in [3.05, 3.63) is 71.2 Å². The molecule has 1 aliphatic heterocycles. The molecule has 1 aliphatic rings. The topological polar surface area (TPSA) is 46.6 Å². The van der Waals surface area contributed by atoms with E-state index in [0.29, 0.717) is 12.3 Å². The highest BCUT2D eigenvalue weighted by Crippen LogP contribution is 2.32. The molecule has 1 saturated heterocycles. The summed E-state index contributed by atoms with van der Waals surface area (Å²) in [6.45, 7) is 0.336. The van der Waals surface area contributed by atoms with Crippen LogP contribution >= 0.6 is 15.9 Å². The number of fused-ring (bicyclic) bond motifs is 1. The summed E-state index contributed by atoms with van der Waals surface area (Å²) in [7, 11) is 0. The molecule has 0 saturated carbocycles. The fraction of sp³-hybridized carbons (Fsp3) is 0.143. The Kier molecular flexibility index (Phi) is 4.47. The molecule has 0 bridgehead atoms. The Hall–Kier alpha value is -2.66. The van der Waals surface area contributed by atoms with Crippen molar-refractivity contribution in [2.75, 3.05) is 11.4 Å². The molecule has 4 nitrogen and oxygen atoms in total. The van der Waals surface area contributed by atoms with Gasteiger partial charge in [-0.2, -0.15) is 0 Å². The van der Waals surface area contributed by atoms with Gasteiger partial charge in [0, 0.05) is 22.8 Å². The molecule has 5 heteroatoms. The number of hydrogen-bond donors (Lipinski definition) is 0. The molecule has 130 valence electrons. The number of nitrogens with zero attached hydrogens (tertiary/aromatic N) is 1. The lowest BCUT2D eigenvalue weighted by Gasteiger charge is -2.18. The Morgan fingerprint density at radius 1 is 1.00 bits per heavy atom. The number of ether oxygens (including phenoxy) is 1. The lowest BCUT2D eigenvalue weighted by atomic mass is 10.1. The van der Waals surface area contributed by atoms with Crippen LogP contribution in [0.4, 0.5) is 5.69 Å². The minimum atomic E-state index is -0.467. The van der Waals surface area contributed by atoms with Crippen LogP contribution in [0.25, 0.3) is 10.8 Å². The summed E-state index contributed by atoms with van der Waals surface area (Å²) < 4.78 is 6.35. The van der Waals surface area contributed by atoms with Gasteiger partial charge < -0.3 is 9.64 Å². The predicted octanol–water partition coefficient (Wildman–Crippen LogP) is 4.56. The molecule has 1 amide bonds. The molecule has 0 unspecified atom stereocenters. The first-order valence-corrected chi connectivity index (χ1v) is 9.16. The monoisotopic (exact) mass is 409 g/mol. The smallest absolute Gasteiger partial charge is 0.316 e. The number of carbonyl (C=O) groups is 2. The van der Waals surface area contributed by atoms with Gasteiger partial charge in [0.05, 0.1) is 11.6 Å². The van der Waals surface area contributed by atoms with Crippen LogP contribution in [0, 0.1) is 5.92 Å². The van der Waals surface area contributed by atoms with Gasteiger partial charge in [0.2, 0.25) is 5.91 Å². The van der Waals surface area contributed by atoms with E-state index in [1.807, 2.05) is 54.6 Å². The third-order valence-corrected chi connectivity index (χ3v) is 5.08. The Morgan fingerprint density at radius 3 is 2.54 bits per heavy atom. The molecule has 0 spiro atoms. The molecule has 4 rings (SSSR count). The second kappa shape index (κ2) is 6.92. The van der Waals surface area contributed by atoms with Gasteiger partial charge in [0.25, 0.3) is 0 Å². The van der Waals surface area contributed by atoms with E-state index in [4.69, 9.17) is 4.74 Å². The van der Waals surface area contributed by atoms with E-state index in [-0.39, 0.29) is 18.3 Å². The van der Waals surface area contributed by atoms with Gasteiger partial charge in [-0.3, -0.25) is 9.59 Å². The molecule has 3 aromatic carbocycles. The van der Waals surface area contributed by atoms with Gasteiger partial charge >= 0.3 is 5.97 Å². The van der Waals surface area contributed by atoms with Gasteiger partial charge in [-0.1, -0.05) is 52.3 Å². The van der Waals surface area contributed by atoms with E-state index >= 15 is 0 Å². The molecule has 0 N–H and O–H groups in total. The summed E-state index contributed by atoms with van der Waals surface area (Å²) in [6.07, 6.45) is 0.165. The Morgan fingerprint density at radius 2 is 1.73 bits per heavy atom. The van der Waals surface area contributed by atoms with Crippen molar-refractivity contribution in [3.63, 3.8) is 0 Å². The highest BCUT2D eigenvalue weighted by atomic mass is 79.9. The second-order valence-electron chi connectivity index (χ2n) is 6.28. The van der Waals surface area contributed by atoms with Crippen molar-refractivity contribution in [1.82, 2.24) is 0 Å². The minimum Gasteiger partial charge on any atom is -0.426 e. The SMILES string of the molecule is O=C(Oc1ccc(Br)cc1)[C@H]1CC(=O)N(c2cccc3ccccc23)C1. The zero-order valence-electron chi connectivity index (χ0n) is 13.9. The van der Waals surface area contributed by atoms with Gasteiger partial charge in [-0.15, -0.1) is 0 Å². The maximum atomic E-state index is 12.5. The molecular weight excluding hydrogens is 394 g/mol. The number of esters is 1. The maximum absolute atomic E-state index is 12.5. The van der Waals surface area contributed by atoms with Crippen LogP contribution in [0.15, 0.2) is 71.2 Å². The maximum Gasteiger partial charge on any atom is 0.316 e. The van der Waals surface area contributed by atoms with E-state index in [9.17, 15) is 9.59 Å². The largest absolute Gasteiger partial charge is 0.426 e. The minimum absolute atomic E-state index is 0.0564. The van der Waals surface area contributed by atoms with E-state index in [0.717, 1.165) is 20.9 Å². The Balaban J connectivity index is 1.55. The third kappa shape index (κ3) is 3.22. The van der Waals surface area contributed by atoms with E-state index in [1.54, 1.807) is 17.0 Å². The van der Waals surface area contributed by atoms with E-state index in [1.165, 1.54) is 0 Å². The fourth-order valence-corrected chi connectivity index (χ4v) is 3.51. The summed E-state index contributed by atoms with van der Waals surface area (Å²) in [6, 6.07) is 20.9. The van der Waals surface area contributed by atoms with Crippen molar-refractivity contribution in [2.24, 2.45) is 5.92 Å². The van der Waals surface area contributed by atoms with Crippen molar-refractivity contribution in [1.29, 1.82) is 0 Å². The molecule has 1 atom stereocenters. The molecule has 1 heterocycles. The number of benzene rings is 3. The highest BCUT2D eigenvalue weighted by Gasteiger charge is 2.36. The number of anilines is 1. The van der Waals surface area contributed by atoms with Gasteiger partial charge in [0.15, 0.2) is 0 Å². The van der Waals surface area contributed by atoms with Crippen LogP contribution in [0.5, 0.6) is 5.75 Å². The van der Waals surface area contributed by atoms with Gasteiger partial charge in [-0.05, 0) is 35.7 Å². The normalized spacial score (nSPS) is 16.9. The Labute approximate surface area is 159 Å². The standard InChI is InChI=1S/C21H16BrNO3/c22-16-8-10-17(11-9-16)26-21(25)15-12-20(24)23(13-15)19-7-3-5-14-4-1-2-6-18(14)19/h1-11,15H,12-13H2/t15-/m0/s1. The summed E-state index contributed by atoms with van der Waals surface area (Å²) >= 11 is 3.35. The number of halogens is 1. The number of amides is 1. The van der Waals surface area contributed by atoms with Gasteiger partial charge in [0.1, 0.15) is 5.75 Å². The summed E-state index contributed by atoms with van der Waals surface area (Å²) in [5, 5.41) is 2.07. The van der Waals surface area contributed by atoms with E-state index in [2.05, 4.69) is 15.9 Å². The molecular formula is C21H16BrNO3. The number of hydrogen-bond acceptors (Lipinski definition) is 3. The zero-order valence-corrected chi connectivity index (χ0v) is 15.5. The quantitative estimate of drug-likeness (QED) is 0.470. The molecule has 0 aromatic heterocycles. The molecule has 1 fully saturated rings. The second-order valence-corrected chi connectivity index (χ2v) is 7.19. The zero-order chi connectivity index (χ0) is 18.1. The van der Waals surface area contributed by atoms with Crippen molar-refractivity contribution < 1.29 is 14.3 Å². The average molecular weight is 410 g/mol. The number of rotatable bonds is 3. The lowest BCUT2D eigenvalue weighted by molar-refractivity contribution is -0.139. The van der Waals surface area contributed by atoms with Crippen molar-refractivity contribution >= 4 is 44.3 Å². The lowest BCUT2D eigenvalue weighted by Crippen LogP contribution is -2.27. The van der Waals surface area contributed by atoms with Crippen LogP contribution < -0.4 is 9.64 Å². The first-order valence-electron chi connectivity index (χ1n) is 8.37. The van der Waals surface area contributed by atoms with Crippen LogP contribution in [-0.4, -0.2) is 18.4 Å². The fourth-order valence-electron chi connectivity index (χ4n) is 3.24. The summed E-state index contributed by atoms with van der Waals surface area (Å²) in [4.78, 5) is 26.7. The van der Waals surface area contributed by atoms with Crippen LogP contribution in [-0.2, 0) is 9.59 Å². The first-order chi connectivity index (χ1) is 12.6. The van der Waals surface area contributed by atoms with E-state index < -0.39 is 5.92 Å².